The lowest BCUT2D eigenvalue weighted by molar-refractivity contribution is -0.135. The smallest absolute Gasteiger partial charge is 0.264 e. The maximum atomic E-state index is 12.8. The normalized spacial score (nSPS) is 18.5. The van der Waals surface area contributed by atoms with Crippen molar-refractivity contribution in [1.29, 1.82) is 0 Å². The first-order valence-corrected chi connectivity index (χ1v) is 7.01. The largest absolute Gasteiger partial charge is 0.398 e. The van der Waals surface area contributed by atoms with Gasteiger partial charge in [-0.1, -0.05) is 0 Å². The molecule has 1 saturated heterocycles. The topological polar surface area (TPSA) is 107 Å². The Morgan fingerprint density at radius 2 is 2.00 bits per heavy atom. The van der Waals surface area contributed by atoms with Gasteiger partial charge in [0.2, 0.25) is 11.8 Å². The van der Waals surface area contributed by atoms with Crippen molar-refractivity contribution in [2.75, 3.05) is 5.73 Å². The van der Waals surface area contributed by atoms with Gasteiger partial charge in [-0.25, -0.2) is 4.98 Å². The summed E-state index contributed by atoms with van der Waals surface area (Å²) in [5.74, 6) is -0.374. The number of nitrogens with zero attached hydrogens (tertiary/aromatic N) is 2. The van der Waals surface area contributed by atoms with E-state index in [-0.39, 0.29) is 24.3 Å². The van der Waals surface area contributed by atoms with E-state index in [4.69, 9.17) is 5.73 Å². The zero-order valence-electron chi connectivity index (χ0n) is 12.3. The first kappa shape index (κ1) is 14.2. The number of anilines is 1. The number of carbonyl (C=O) groups excluding carboxylic acids is 2. The average Bonchev–Trinajstić information content (AvgIpc) is 2.39. The van der Waals surface area contributed by atoms with E-state index in [0.29, 0.717) is 22.4 Å². The van der Waals surface area contributed by atoms with Gasteiger partial charge in [-0.15, -0.1) is 0 Å². The van der Waals surface area contributed by atoms with E-state index in [0.717, 1.165) is 5.56 Å². The van der Waals surface area contributed by atoms with Crippen molar-refractivity contribution >= 4 is 28.4 Å². The van der Waals surface area contributed by atoms with Crippen LogP contribution >= 0.6 is 0 Å². The van der Waals surface area contributed by atoms with Crippen LogP contribution in [-0.2, 0) is 9.59 Å². The number of piperidine rings is 1. The second kappa shape index (κ2) is 4.94. The summed E-state index contributed by atoms with van der Waals surface area (Å²) < 4.78 is 1.33. The Hall–Kier alpha value is -2.70. The summed E-state index contributed by atoms with van der Waals surface area (Å²) in [5, 5.41) is 2.56. The van der Waals surface area contributed by atoms with Gasteiger partial charge in [0, 0.05) is 12.1 Å². The Labute approximate surface area is 126 Å². The molecular weight excluding hydrogens is 284 g/mol. The number of aromatic nitrogens is 2. The number of rotatable bonds is 1. The van der Waals surface area contributed by atoms with E-state index in [1.807, 2.05) is 6.92 Å². The van der Waals surface area contributed by atoms with E-state index in [1.165, 1.54) is 4.57 Å². The maximum absolute atomic E-state index is 12.8. The van der Waals surface area contributed by atoms with Crippen molar-refractivity contribution in [3.05, 3.63) is 33.9 Å². The molecule has 22 heavy (non-hydrogen) atoms. The molecule has 1 aromatic heterocycles. The van der Waals surface area contributed by atoms with Crippen molar-refractivity contribution in [2.45, 2.75) is 32.7 Å². The van der Waals surface area contributed by atoms with Gasteiger partial charge in [0.05, 0.1) is 10.9 Å². The van der Waals surface area contributed by atoms with E-state index in [9.17, 15) is 14.4 Å². The molecule has 1 fully saturated rings. The predicted octanol–water partition coefficient (Wildman–Crippen LogP) is 0.573. The highest BCUT2D eigenvalue weighted by Gasteiger charge is 2.30. The summed E-state index contributed by atoms with van der Waals surface area (Å²) in [5.41, 5.74) is 7.37. The minimum atomic E-state index is -0.734. The molecule has 114 valence electrons. The van der Waals surface area contributed by atoms with Crippen molar-refractivity contribution in [2.24, 2.45) is 0 Å². The highest BCUT2D eigenvalue weighted by Crippen LogP contribution is 2.22. The van der Waals surface area contributed by atoms with E-state index in [2.05, 4.69) is 10.3 Å². The zero-order valence-corrected chi connectivity index (χ0v) is 12.3. The number of imide groups is 1. The number of nitrogen functional groups attached to an aromatic ring is 1. The van der Waals surface area contributed by atoms with Gasteiger partial charge in [-0.3, -0.25) is 24.3 Å². The second-order valence-corrected chi connectivity index (χ2v) is 5.55. The molecule has 0 bridgehead atoms. The molecule has 7 heteroatoms. The molecule has 2 amide bonds. The van der Waals surface area contributed by atoms with Crippen LogP contribution < -0.4 is 16.6 Å². The van der Waals surface area contributed by atoms with Crippen molar-refractivity contribution < 1.29 is 9.59 Å². The lowest BCUT2D eigenvalue weighted by Crippen LogP contribution is -2.45. The Balaban J connectivity index is 2.25. The van der Waals surface area contributed by atoms with Crippen LogP contribution in [0, 0.1) is 13.8 Å². The molecule has 1 aliphatic rings. The molecular formula is C15H16N4O3. The monoisotopic (exact) mass is 300 g/mol. The summed E-state index contributed by atoms with van der Waals surface area (Å²) in [4.78, 5) is 40.5. The minimum Gasteiger partial charge on any atom is -0.398 e. The van der Waals surface area contributed by atoms with Crippen LogP contribution in [0.4, 0.5) is 5.69 Å². The Kier molecular flexibility index (Phi) is 3.20. The number of benzene rings is 1. The lowest BCUT2D eigenvalue weighted by atomic mass is 10.0. The molecule has 2 aromatic rings. The third-order valence-electron chi connectivity index (χ3n) is 3.88. The summed E-state index contributed by atoms with van der Waals surface area (Å²) >= 11 is 0. The fraction of sp³-hybridized carbons (Fsp3) is 0.333. The number of nitrogens with one attached hydrogen (secondary N) is 1. The van der Waals surface area contributed by atoms with Crippen molar-refractivity contribution in [1.82, 2.24) is 14.9 Å². The second-order valence-electron chi connectivity index (χ2n) is 5.55. The Morgan fingerprint density at radius 3 is 2.68 bits per heavy atom. The highest BCUT2D eigenvalue weighted by molar-refractivity contribution is 5.99. The molecule has 1 aliphatic heterocycles. The quantitative estimate of drug-likeness (QED) is 0.591. The van der Waals surface area contributed by atoms with Gasteiger partial charge in [-0.2, -0.15) is 0 Å². The molecule has 3 N–H and O–H groups in total. The van der Waals surface area contributed by atoms with E-state index < -0.39 is 11.9 Å². The zero-order chi connectivity index (χ0) is 16.0. The highest BCUT2D eigenvalue weighted by atomic mass is 16.2. The van der Waals surface area contributed by atoms with Crippen LogP contribution in [-0.4, -0.2) is 21.4 Å². The van der Waals surface area contributed by atoms with Crippen molar-refractivity contribution in [3.63, 3.8) is 0 Å². The van der Waals surface area contributed by atoms with Gasteiger partial charge in [0.1, 0.15) is 11.9 Å². The average molecular weight is 300 g/mol. The maximum Gasteiger partial charge on any atom is 0.264 e. The van der Waals surface area contributed by atoms with Gasteiger partial charge in [0.25, 0.3) is 5.56 Å². The lowest BCUT2D eigenvalue weighted by Gasteiger charge is -2.24. The van der Waals surface area contributed by atoms with E-state index >= 15 is 0 Å². The SMILES string of the molecule is Cc1cc(N)c2c(=O)n(C3CCC(=O)NC3=O)c(C)nc2c1. The molecule has 3 rings (SSSR count). The van der Waals surface area contributed by atoms with Crippen LogP contribution in [0.25, 0.3) is 10.9 Å². The number of hydrogen-bond acceptors (Lipinski definition) is 5. The molecule has 0 aliphatic carbocycles. The summed E-state index contributed by atoms with van der Waals surface area (Å²) in [7, 11) is 0. The third kappa shape index (κ3) is 2.14. The van der Waals surface area contributed by atoms with Crippen LogP contribution in [0.15, 0.2) is 16.9 Å². The molecule has 0 spiro atoms. The van der Waals surface area contributed by atoms with Gasteiger partial charge < -0.3 is 5.73 Å². The number of fused-ring (bicyclic) bond motifs is 1. The van der Waals surface area contributed by atoms with Crippen LogP contribution in [0.1, 0.15) is 30.3 Å². The Bertz CT molecular complexity index is 869. The number of aryl methyl sites for hydroxylation is 2. The third-order valence-corrected chi connectivity index (χ3v) is 3.88. The van der Waals surface area contributed by atoms with Gasteiger partial charge in [-0.05, 0) is 38.0 Å². The minimum absolute atomic E-state index is 0.198. The number of carbonyl (C=O) groups is 2. The van der Waals surface area contributed by atoms with Crippen LogP contribution in [0.3, 0.4) is 0 Å². The Morgan fingerprint density at radius 1 is 1.27 bits per heavy atom. The molecule has 1 unspecified atom stereocenters. The fourth-order valence-electron chi connectivity index (χ4n) is 2.91. The molecule has 0 radical (unpaired) electrons. The predicted molar refractivity (Wildman–Crippen MR) is 81.3 cm³/mol. The number of hydrogen-bond donors (Lipinski definition) is 2. The summed E-state index contributed by atoms with van der Waals surface area (Å²) in [6, 6.07) is 2.76. The first-order valence-electron chi connectivity index (χ1n) is 7.01. The molecule has 1 atom stereocenters. The van der Waals surface area contributed by atoms with Crippen molar-refractivity contribution in [3.8, 4) is 0 Å². The summed E-state index contributed by atoms with van der Waals surface area (Å²) in [6.45, 7) is 3.54. The molecule has 7 nitrogen and oxygen atoms in total. The standard InChI is InChI=1S/C15H16N4O3/c1-7-5-9(16)13-10(6-7)17-8(2)19(15(13)22)11-3-4-12(20)18-14(11)21/h5-6,11H,3-4,16H2,1-2H3,(H,18,20,21). The van der Waals surface area contributed by atoms with Crippen LogP contribution in [0.5, 0.6) is 0 Å². The molecule has 1 aromatic carbocycles. The van der Waals surface area contributed by atoms with Gasteiger partial charge in [0.15, 0.2) is 0 Å². The van der Waals surface area contributed by atoms with Gasteiger partial charge >= 0.3 is 0 Å². The molecule has 2 heterocycles. The van der Waals surface area contributed by atoms with E-state index in [1.54, 1.807) is 19.1 Å². The first-order chi connectivity index (χ1) is 10.4. The molecule has 0 saturated carbocycles. The summed E-state index contributed by atoms with van der Waals surface area (Å²) in [6.07, 6.45) is 0.480. The van der Waals surface area contributed by atoms with Crippen LogP contribution in [0.2, 0.25) is 0 Å². The number of amides is 2. The number of nitrogens with two attached hydrogens (primary N) is 1. The fourth-order valence-corrected chi connectivity index (χ4v) is 2.91.